The van der Waals surface area contributed by atoms with E-state index in [1.807, 2.05) is 0 Å². The van der Waals surface area contributed by atoms with Crippen LogP contribution < -0.4 is 5.32 Å². The third-order valence-corrected chi connectivity index (χ3v) is 3.23. The number of aromatic nitrogens is 1. The number of hydrogen-bond donors (Lipinski definition) is 2. The molecule has 0 aliphatic carbocycles. The molecule has 0 spiro atoms. The number of aromatic carboxylic acids is 1. The zero-order valence-corrected chi connectivity index (χ0v) is 11.6. The minimum Gasteiger partial charge on any atom is -0.478 e. The Bertz CT molecular complexity index is 392. The quantitative estimate of drug-likeness (QED) is 0.845. The summed E-state index contributed by atoms with van der Waals surface area (Å²) < 4.78 is 0.669. The molecule has 0 saturated carbocycles. The molecule has 1 aromatic heterocycles. The predicted molar refractivity (Wildman–Crippen MR) is 71.5 cm³/mol. The van der Waals surface area contributed by atoms with E-state index < -0.39 is 5.97 Å². The molecule has 0 aliphatic heterocycles. The van der Waals surface area contributed by atoms with Gasteiger partial charge in [-0.3, -0.25) is 0 Å². The average Bonchev–Trinajstić information content (AvgIpc) is 2.31. The maximum Gasteiger partial charge on any atom is 0.339 e. The molecular weight excluding hydrogens is 284 g/mol. The minimum absolute atomic E-state index is 0.199. The van der Waals surface area contributed by atoms with Gasteiger partial charge in [0.15, 0.2) is 0 Å². The first kappa shape index (κ1) is 14.0. The number of hydrogen-bond acceptors (Lipinski definition) is 3. The lowest BCUT2D eigenvalue weighted by atomic mass is 10.0. The second kappa shape index (κ2) is 6.59. The van der Waals surface area contributed by atoms with Gasteiger partial charge in [0.05, 0.1) is 0 Å². The van der Waals surface area contributed by atoms with Crippen molar-refractivity contribution in [1.82, 2.24) is 4.98 Å². The molecule has 0 saturated heterocycles. The molecule has 1 rings (SSSR count). The van der Waals surface area contributed by atoms with Crippen LogP contribution >= 0.6 is 15.9 Å². The zero-order valence-electron chi connectivity index (χ0n) is 10.0. The summed E-state index contributed by atoms with van der Waals surface area (Å²) in [7, 11) is 0. The molecule has 0 amide bonds. The van der Waals surface area contributed by atoms with Crippen LogP contribution in [0.4, 0.5) is 5.82 Å². The van der Waals surface area contributed by atoms with Gasteiger partial charge in [0, 0.05) is 17.2 Å². The Morgan fingerprint density at radius 2 is 2.18 bits per heavy atom. The van der Waals surface area contributed by atoms with E-state index in [1.54, 1.807) is 12.3 Å². The predicted octanol–water partition coefficient (Wildman–Crippen LogP) is 3.39. The molecule has 4 nitrogen and oxygen atoms in total. The Morgan fingerprint density at radius 3 is 2.71 bits per heavy atom. The summed E-state index contributed by atoms with van der Waals surface area (Å²) in [5.74, 6) is 0.0144. The minimum atomic E-state index is -0.967. The molecule has 0 radical (unpaired) electrons. The summed E-state index contributed by atoms with van der Waals surface area (Å²) in [6.45, 7) is 5.01. The lowest BCUT2D eigenvalue weighted by molar-refractivity contribution is 0.0697. The van der Waals surface area contributed by atoms with Gasteiger partial charge in [0.2, 0.25) is 0 Å². The Morgan fingerprint density at radius 1 is 1.53 bits per heavy atom. The largest absolute Gasteiger partial charge is 0.478 e. The highest BCUT2D eigenvalue weighted by molar-refractivity contribution is 9.10. The van der Waals surface area contributed by atoms with Crippen LogP contribution in [0.15, 0.2) is 16.7 Å². The van der Waals surface area contributed by atoms with Crippen LogP contribution in [-0.4, -0.2) is 22.6 Å². The van der Waals surface area contributed by atoms with Crippen LogP contribution in [0.5, 0.6) is 0 Å². The highest BCUT2D eigenvalue weighted by atomic mass is 79.9. The summed E-state index contributed by atoms with van der Waals surface area (Å²) in [4.78, 5) is 15.2. The van der Waals surface area contributed by atoms with Crippen molar-refractivity contribution in [3.63, 3.8) is 0 Å². The van der Waals surface area contributed by atoms with Crippen LogP contribution in [0.25, 0.3) is 0 Å². The Kier molecular flexibility index (Phi) is 5.41. The number of nitrogens with zero attached hydrogens (tertiary/aromatic N) is 1. The van der Waals surface area contributed by atoms with E-state index in [0.29, 0.717) is 16.2 Å². The molecule has 1 aromatic rings. The summed E-state index contributed by atoms with van der Waals surface area (Å²) in [5, 5.41) is 12.2. The maximum atomic E-state index is 11.1. The molecule has 0 unspecified atom stereocenters. The van der Waals surface area contributed by atoms with Gasteiger partial charge >= 0.3 is 5.97 Å². The van der Waals surface area contributed by atoms with Gasteiger partial charge in [-0.2, -0.15) is 0 Å². The van der Waals surface area contributed by atoms with Gasteiger partial charge in [0.25, 0.3) is 0 Å². The van der Waals surface area contributed by atoms with Gasteiger partial charge < -0.3 is 10.4 Å². The fourth-order valence-corrected chi connectivity index (χ4v) is 1.89. The van der Waals surface area contributed by atoms with Gasteiger partial charge in [-0.25, -0.2) is 9.78 Å². The van der Waals surface area contributed by atoms with E-state index in [0.717, 1.165) is 19.4 Å². The van der Waals surface area contributed by atoms with Gasteiger partial charge in [-0.05, 0) is 27.9 Å². The molecule has 2 N–H and O–H groups in total. The lowest BCUT2D eigenvalue weighted by Gasteiger charge is -2.15. The molecule has 94 valence electrons. The molecule has 0 aliphatic rings. The average molecular weight is 301 g/mol. The molecule has 0 atom stereocenters. The van der Waals surface area contributed by atoms with Crippen molar-refractivity contribution in [2.24, 2.45) is 5.92 Å². The van der Waals surface area contributed by atoms with Crippen molar-refractivity contribution < 1.29 is 9.90 Å². The number of carbonyl (C=O) groups is 1. The molecule has 0 bridgehead atoms. The van der Waals surface area contributed by atoms with Crippen LogP contribution in [0.1, 0.15) is 37.0 Å². The summed E-state index contributed by atoms with van der Waals surface area (Å²) >= 11 is 3.22. The topological polar surface area (TPSA) is 62.2 Å². The molecule has 5 heteroatoms. The first-order valence-electron chi connectivity index (χ1n) is 5.71. The fourth-order valence-electron chi connectivity index (χ4n) is 1.56. The number of rotatable bonds is 6. The van der Waals surface area contributed by atoms with Gasteiger partial charge in [0.1, 0.15) is 11.4 Å². The van der Waals surface area contributed by atoms with Crippen LogP contribution in [0, 0.1) is 5.92 Å². The monoisotopic (exact) mass is 300 g/mol. The van der Waals surface area contributed by atoms with E-state index in [2.05, 4.69) is 40.1 Å². The van der Waals surface area contributed by atoms with Crippen molar-refractivity contribution in [3.05, 3.63) is 22.3 Å². The second-order valence-corrected chi connectivity index (χ2v) is 4.83. The van der Waals surface area contributed by atoms with Crippen molar-refractivity contribution in [3.8, 4) is 0 Å². The fraction of sp³-hybridized carbons (Fsp3) is 0.500. The molecule has 0 fully saturated rings. The Balaban J connectivity index is 2.80. The van der Waals surface area contributed by atoms with Gasteiger partial charge in [-0.15, -0.1) is 0 Å². The molecule has 17 heavy (non-hydrogen) atoms. The highest BCUT2D eigenvalue weighted by Gasteiger charge is 2.13. The number of carboxylic acids is 1. The summed E-state index contributed by atoms with van der Waals surface area (Å²) in [6.07, 6.45) is 3.74. The zero-order chi connectivity index (χ0) is 12.8. The van der Waals surface area contributed by atoms with Crippen LogP contribution in [-0.2, 0) is 0 Å². The summed E-state index contributed by atoms with van der Waals surface area (Å²) in [5.41, 5.74) is 0.199. The third-order valence-electron chi connectivity index (χ3n) is 2.80. The molecule has 1 heterocycles. The standard InChI is InChI=1S/C12H17BrN2O2/c1-3-8(4-2)6-14-11-10(12(16)17)5-9(13)7-15-11/h5,7-8H,3-4,6H2,1-2H3,(H,14,15)(H,16,17). The van der Waals surface area contributed by atoms with E-state index in [9.17, 15) is 4.79 Å². The van der Waals surface area contributed by atoms with Crippen LogP contribution in [0.3, 0.4) is 0 Å². The maximum absolute atomic E-state index is 11.1. The van der Waals surface area contributed by atoms with E-state index in [4.69, 9.17) is 5.11 Å². The van der Waals surface area contributed by atoms with Gasteiger partial charge in [-0.1, -0.05) is 26.7 Å². The van der Waals surface area contributed by atoms with Crippen LogP contribution in [0.2, 0.25) is 0 Å². The first-order chi connectivity index (χ1) is 8.08. The third kappa shape index (κ3) is 4.00. The smallest absolute Gasteiger partial charge is 0.339 e. The Labute approximate surface area is 110 Å². The van der Waals surface area contributed by atoms with E-state index in [1.165, 1.54) is 0 Å². The number of pyridine rings is 1. The lowest BCUT2D eigenvalue weighted by Crippen LogP contribution is -2.16. The van der Waals surface area contributed by atoms with Crippen molar-refractivity contribution in [1.29, 1.82) is 0 Å². The van der Waals surface area contributed by atoms with E-state index in [-0.39, 0.29) is 5.56 Å². The first-order valence-corrected chi connectivity index (χ1v) is 6.50. The van der Waals surface area contributed by atoms with Crippen molar-refractivity contribution in [2.45, 2.75) is 26.7 Å². The number of carboxylic acid groups (broad SMARTS) is 1. The number of anilines is 1. The number of halogens is 1. The molecule has 0 aromatic carbocycles. The molecular formula is C12H17BrN2O2. The normalized spacial score (nSPS) is 10.6. The summed E-state index contributed by atoms with van der Waals surface area (Å²) in [6, 6.07) is 1.56. The van der Waals surface area contributed by atoms with E-state index >= 15 is 0 Å². The second-order valence-electron chi connectivity index (χ2n) is 3.92. The van der Waals surface area contributed by atoms with Crippen molar-refractivity contribution in [2.75, 3.05) is 11.9 Å². The Hall–Kier alpha value is -1.10. The van der Waals surface area contributed by atoms with Crippen molar-refractivity contribution >= 4 is 27.7 Å². The SMILES string of the molecule is CCC(CC)CNc1ncc(Br)cc1C(=O)O. The highest BCUT2D eigenvalue weighted by Crippen LogP contribution is 2.19. The number of nitrogens with one attached hydrogen (secondary N) is 1.